The molecule has 7 heteroatoms. The maximum atomic E-state index is 6.21. The lowest BCUT2D eigenvalue weighted by molar-refractivity contribution is 0.236. The van der Waals surface area contributed by atoms with Gasteiger partial charge in [0.05, 0.1) is 6.61 Å². The van der Waals surface area contributed by atoms with Crippen molar-refractivity contribution in [3.05, 3.63) is 24.0 Å². The van der Waals surface area contributed by atoms with Gasteiger partial charge in [0, 0.05) is 0 Å². The minimum absolute atomic E-state index is 0.203. The highest BCUT2D eigenvalue weighted by Gasteiger charge is 2.15. The van der Waals surface area contributed by atoms with Crippen LogP contribution in [0.2, 0.25) is 5.02 Å². The van der Waals surface area contributed by atoms with Gasteiger partial charge in [-0.15, -0.1) is 0 Å². The van der Waals surface area contributed by atoms with Gasteiger partial charge in [0.15, 0.2) is 5.82 Å². The molecule has 6 nitrogen and oxygen atoms in total. The molecule has 0 spiro atoms. The topological polar surface area (TPSA) is 65.7 Å². The van der Waals surface area contributed by atoms with E-state index >= 15 is 0 Å². The summed E-state index contributed by atoms with van der Waals surface area (Å²) in [4.78, 5) is 12.0. The molecule has 0 aliphatic carbocycles. The summed E-state index contributed by atoms with van der Waals surface area (Å²) in [6.45, 7) is 7.01. The molecule has 0 fully saturated rings. The van der Waals surface area contributed by atoms with Crippen molar-refractivity contribution in [3.8, 4) is 11.7 Å². The number of hydrogen-bond acceptors (Lipinski definition) is 5. The number of nitrogens with zero attached hydrogens (tertiary/aromatic N) is 5. The average Bonchev–Trinajstić information content (AvgIpc) is 2.83. The quantitative estimate of drug-likeness (QED) is 0.861. The van der Waals surface area contributed by atoms with Crippen molar-refractivity contribution in [1.82, 2.24) is 24.7 Å². The lowest BCUT2D eigenvalue weighted by Crippen LogP contribution is -2.12. The van der Waals surface area contributed by atoms with Crippen LogP contribution in [0.4, 0.5) is 0 Å². The molecule has 2 aromatic heterocycles. The summed E-state index contributed by atoms with van der Waals surface area (Å²) in [7, 11) is 0. The Bertz CT molecular complexity index is 536. The number of aromatic nitrogens is 5. The van der Waals surface area contributed by atoms with Crippen LogP contribution in [0.1, 0.15) is 27.2 Å². The number of hydrogen-bond donors (Lipinski definition) is 0. The summed E-state index contributed by atoms with van der Waals surface area (Å²) < 4.78 is 7.08. The largest absolute Gasteiger partial charge is 0.476 e. The summed E-state index contributed by atoms with van der Waals surface area (Å²) in [6, 6.07) is 0. The Balaban J connectivity index is 2.12. The average molecular weight is 282 g/mol. The van der Waals surface area contributed by atoms with Gasteiger partial charge in [-0.2, -0.15) is 5.10 Å². The lowest BCUT2D eigenvalue weighted by Gasteiger charge is -2.18. The highest BCUT2D eigenvalue weighted by atomic mass is 35.5. The van der Waals surface area contributed by atoms with Crippen LogP contribution in [-0.2, 0) is 0 Å². The van der Waals surface area contributed by atoms with Crippen molar-refractivity contribution in [2.45, 2.75) is 27.2 Å². The lowest BCUT2D eigenvalue weighted by atomic mass is 9.93. The first-order valence-corrected chi connectivity index (χ1v) is 6.33. The van der Waals surface area contributed by atoms with Crippen molar-refractivity contribution < 1.29 is 4.74 Å². The molecule has 2 heterocycles. The van der Waals surface area contributed by atoms with Crippen molar-refractivity contribution in [3.63, 3.8) is 0 Å². The van der Waals surface area contributed by atoms with Crippen LogP contribution in [0.15, 0.2) is 19.0 Å². The van der Waals surface area contributed by atoms with Crippen molar-refractivity contribution in [2.24, 2.45) is 5.41 Å². The third-order valence-electron chi connectivity index (χ3n) is 2.47. The van der Waals surface area contributed by atoms with E-state index in [0.717, 1.165) is 6.42 Å². The van der Waals surface area contributed by atoms with Crippen LogP contribution in [-0.4, -0.2) is 31.3 Å². The molecule has 2 rings (SSSR count). The molecule has 0 aromatic carbocycles. The molecule has 0 aliphatic rings. The predicted molar refractivity (Wildman–Crippen MR) is 71.5 cm³/mol. The molecule has 102 valence electrons. The maximum absolute atomic E-state index is 6.21. The van der Waals surface area contributed by atoms with Crippen LogP contribution >= 0.6 is 11.6 Å². The monoisotopic (exact) mass is 281 g/mol. The van der Waals surface area contributed by atoms with E-state index in [9.17, 15) is 0 Å². The van der Waals surface area contributed by atoms with E-state index in [4.69, 9.17) is 16.3 Å². The van der Waals surface area contributed by atoms with Gasteiger partial charge in [-0.25, -0.2) is 19.6 Å². The minimum atomic E-state index is 0.203. The van der Waals surface area contributed by atoms with Gasteiger partial charge in [-0.05, 0) is 11.8 Å². The molecule has 0 atom stereocenters. The maximum Gasteiger partial charge on any atom is 0.238 e. The molecule has 0 amide bonds. The van der Waals surface area contributed by atoms with E-state index in [1.807, 2.05) is 0 Å². The van der Waals surface area contributed by atoms with Crippen LogP contribution in [0.3, 0.4) is 0 Å². The molecule has 2 aromatic rings. The first-order chi connectivity index (χ1) is 8.97. The zero-order chi connectivity index (χ0) is 13.9. The van der Waals surface area contributed by atoms with E-state index < -0.39 is 0 Å². The molecular weight excluding hydrogens is 266 g/mol. The Labute approximate surface area is 116 Å². The van der Waals surface area contributed by atoms with E-state index in [1.165, 1.54) is 23.7 Å². The van der Waals surface area contributed by atoms with Gasteiger partial charge in [-0.3, -0.25) is 0 Å². The van der Waals surface area contributed by atoms with Crippen LogP contribution in [0, 0.1) is 5.41 Å². The number of halogens is 1. The third kappa shape index (κ3) is 3.64. The number of rotatable bonds is 4. The third-order valence-corrected chi connectivity index (χ3v) is 2.80. The predicted octanol–water partition coefficient (Wildman–Crippen LogP) is 2.53. The smallest absolute Gasteiger partial charge is 0.238 e. The van der Waals surface area contributed by atoms with Gasteiger partial charge >= 0.3 is 0 Å². The SMILES string of the molecule is CC(C)(C)CCOc1ncnc(-n2cncn2)c1Cl. The number of ether oxygens (including phenoxy) is 1. The van der Waals surface area contributed by atoms with E-state index in [1.54, 1.807) is 0 Å². The second-order valence-electron chi connectivity index (χ2n) is 5.32. The molecule has 0 saturated carbocycles. The first kappa shape index (κ1) is 13.7. The molecule has 0 bridgehead atoms. The second kappa shape index (κ2) is 5.52. The molecule has 19 heavy (non-hydrogen) atoms. The van der Waals surface area contributed by atoms with Crippen LogP contribution in [0.5, 0.6) is 5.88 Å². The fraction of sp³-hybridized carbons (Fsp3) is 0.500. The van der Waals surface area contributed by atoms with E-state index in [2.05, 4.69) is 40.8 Å². The van der Waals surface area contributed by atoms with Crippen molar-refractivity contribution in [2.75, 3.05) is 6.61 Å². The van der Waals surface area contributed by atoms with Gasteiger partial charge < -0.3 is 4.74 Å². The van der Waals surface area contributed by atoms with Crippen molar-refractivity contribution in [1.29, 1.82) is 0 Å². The van der Waals surface area contributed by atoms with Crippen molar-refractivity contribution >= 4 is 11.6 Å². The van der Waals surface area contributed by atoms with E-state index in [0.29, 0.717) is 23.3 Å². The Hall–Kier alpha value is -1.69. The molecule has 0 radical (unpaired) electrons. The summed E-state index contributed by atoms with van der Waals surface area (Å²) in [5, 5.41) is 4.32. The Morgan fingerprint density at radius 1 is 1.26 bits per heavy atom. The Morgan fingerprint density at radius 3 is 2.68 bits per heavy atom. The fourth-order valence-electron chi connectivity index (χ4n) is 1.38. The van der Waals surface area contributed by atoms with E-state index in [-0.39, 0.29) is 5.41 Å². The summed E-state index contributed by atoms with van der Waals surface area (Å²) >= 11 is 6.21. The summed E-state index contributed by atoms with van der Waals surface area (Å²) in [5.74, 6) is 0.825. The van der Waals surface area contributed by atoms with Gasteiger partial charge in [0.25, 0.3) is 0 Å². The molecule has 0 N–H and O–H groups in total. The minimum Gasteiger partial charge on any atom is -0.476 e. The Morgan fingerprint density at radius 2 is 2.05 bits per heavy atom. The summed E-state index contributed by atoms with van der Waals surface area (Å²) in [6.07, 6.45) is 5.24. The molecular formula is C12H16ClN5O. The zero-order valence-corrected chi connectivity index (χ0v) is 11.9. The highest BCUT2D eigenvalue weighted by molar-refractivity contribution is 6.33. The van der Waals surface area contributed by atoms with Gasteiger partial charge in [0.2, 0.25) is 5.88 Å². The van der Waals surface area contributed by atoms with Gasteiger partial charge in [0.1, 0.15) is 24.0 Å². The summed E-state index contributed by atoms with van der Waals surface area (Å²) in [5.41, 5.74) is 0.203. The van der Waals surface area contributed by atoms with Crippen LogP contribution in [0.25, 0.3) is 5.82 Å². The normalized spacial score (nSPS) is 11.6. The zero-order valence-electron chi connectivity index (χ0n) is 11.2. The standard InChI is InChI=1S/C12H16ClN5O/c1-12(2,3)4-5-19-11-9(13)10(15-7-16-11)18-8-14-6-17-18/h6-8H,4-5H2,1-3H3. The fourth-order valence-corrected chi connectivity index (χ4v) is 1.62. The van der Waals surface area contributed by atoms with Crippen LogP contribution < -0.4 is 4.74 Å². The molecule has 0 aliphatic heterocycles. The second-order valence-corrected chi connectivity index (χ2v) is 5.69. The molecule has 0 unspecified atom stereocenters. The molecule has 0 saturated heterocycles. The van der Waals surface area contributed by atoms with Gasteiger partial charge in [-0.1, -0.05) is 32.4 Å². The highest BCUT2D eigenvalue weighted by Crippen LogP contribution is 2.27. The Kier molecular flexibility index (Phi) is 3.99. The first-order valence-electron chi connectivity index (χ1n) is 5.96.